The molecule has 9 heteroatoms. The largest absolute Gasteiger partial charge is 0.394 e. The molecule has 1 unspecified atom stereocenters. The molecule has 0 amide bonds. The first kappa shape index (κ1) is 17.0. The second kappa shape index (κ2) is 6.82. The third kappa shape index (κ3) is 3.52. The first-order chi connectivity index (χ1) is 9.85. The summed E-state index contributed by atoms with van der Waals surface area (Å²) in [4.78, 5) is 0. The Kier molecular flexibility index (Phi) is 5.52. The fourth-order valence-electron chi connectivity index (χ4n) is 2.45. The molecular formula is C12H22O9. The fraction of sp³-hybridized carbons (Fsp3) is 1.00. The highest BCUT2D eigenvalue weighted by Crippen LogP contribution is 2.27. The third-order valence-corrected chi connectivity index (χ3v) is 3.82. The molecule has 9 nitrogen and oxygen atoms in total. The monoisotopic (exact) mass is 310 g/mol. The van der Waals surface area contributed by atoms with Crippen LogP contribution in [-0.4, -0.2) is 92.6 Å². The zero-order valence-electron chi connectivity index (χ0n) is 11.5. The van der Waals surface area contributed by atoms with Crippen LogP contribution in [0.15, 0.2) is 0 Å². The molecule has 0 aliphatic carbocycles. The molecule has 0 aromatic carbocycles. The van der Waals surface area contributed by atoms with E-state index in [4.69, 9.17) is 19.3 Å². The van der Waals surface area contributed by atoms with E-state index in [0.29, 0.717) is 0 Å². The predicted molar refractivity (Wildman–Crippen MR) is 65.8 cm³/mol. The van der Waals surface area contributed by atoms with Crippen molar-refractivity contribution < 1.29 is 44.8 Å². The Morgan fingerprint density at radius 2 is 1.67 bits per heavy atom. The van der Waals surface area contributed by atoms with Crippen LogP contribution in [0.25, 0.3) is 0 Å². The van der Waals surface area contributed by atoms with Crippen LogP contribution in [-0.2, 0) is 14.2 Å². The van der Waals surface area contributed by atoms with Crippen LogP contribution in [0.4, 0.5) is 0 Å². The molecule has 0 spiro atoms. The second-order valence-corrected chi connectivity index (χ2v) is 5.41. The first-order valence-corrected chi connectivity index (χ1v) is 6.82. The molecule has 0 aromatic heterocycles. The standard InChI is InChI=1S/C12H22O9/c1-4-5(14)2-6(15)12(19-4)21-10-8(16)7(3-13)20-11(18)9(10)17/h4-18H,2-3H2,1H3/t4-,5-,6-,7-,8-,9+,10+,11?,12-/m1/s1. The minimum Gasteiger partial charge on any atom is -0.394 e. The van der Waals surface area contributed by atoms with E-state index in [2.05, 4.69) is 0 Å². The van der Waals surface area contributed by atoms with Gasteiger partial charge in [-0.3, -0.25) is 0 Å². The smallest absolute Gasteiger partial charge is 0.184 e. The molecule has 2 aliphatic heterocycles. The number of aliphatic hydroxyl groups excluding tert-OH is 6. The Hall–Kier alpha value is -0.360. The molecule has 0 aromatic rings. The van der Waals surface area contributed by atoms with Crippen molar-refractivity contribution in [1.29, 1.82) is 0 Å². The maximum atomic E-state index is 9.98. The van der Waals surface area contributed by atoms with Crippen LogP contribution >= 0.6 is 0 Å². The lowest BCUT2D eigenvalue weighted by atomic mass is 9.98. The van der Waals surface area contributed by atoms with E-state index in [-0.39, 0.29) is 6.42 Å². The van der Waals surface area contributed by atoms with Crippen molar-refractivity contribution in [3.05, 3.63) is 0 Å². The van der Waals surface area contributed by atoms with E-state index < -0.39 is 61.9 Å². The van der Waals surface area contributed by atoms with Gasteiger partial charge in [-0.1, -0.05) is 0 Å². The average molecular weight is 310 g/mol. The molecule has 21 heavy (non-hydrogen) atoms. The van der Waals surface area contributed by atoms with Crippen LogP contribution in [0.3, 0.4) is 0 Å². The average Bonchev–Trinajstić information content (AvgIpc) is 2.44. The summed E-state index contributed by atoms with van der Waals surface area (Å²) >= 11 is 0. The SMILES string of the molecule is C[C@H]1O[C@H](O[C@H]2[C@H](O)[C@@H](CO)OC(O)[C@H]2O)[C@H](O)C[C@H]1O. The molecule has 2 rings (SSSR count). The van der Waals surface area contributed by atoms with Gasteiger partial charge in [0.2, 0.25) is 0 Å². The minimum absolute atomic E-state index is 0.0211. The van der Waals surface area contributed by atoms with Crippen LogP contribution in [0.2, 0.25) is 0 Å². The van der Waals surface area contributed by atoms with E-state index in [9.17, 15) is 25.5 Å². The summed E-state index contributed by atoms with van der Waals surface area (Å²) in [6, 6.07) is 0. The number of ether oxygens (including phenoxy) is 3. The molecule has 124 valence electrons. The zero-order valence-corrected chi connectivity index (χ0v) is 11.5. The van der Waals surface area contributed by atoms with Gasteiger partial charge in [-0.15, -0.1) is 0 Å². The topological polar surface area (TPSA) is 149 Å². The predicted octanol–water partition coefficient (Wildman–Crippen LogP) is -3.34. The third-order valence-electron chi connectivity index (χ3n) is 3.82. The van der Waals surface area contributed by atoms with Crippen molar-refractivity contribution in [2.24, 2.45) is 0 Å². The van der Waals surface area contributed by atoms with Gasteiger partial charge in [-0.2, -0.15) is 0 Å². The summed E-state index contributed by atoms with van der Waals surface area (Å²) in [6.07, 6.45) is -10.8. The van der Waals surface area contributed by atoms with Crippen molar-refractivity contribution in [1.82, 2.24) is 0 Å². The van der Waals surface area contributed by atoms with Gasteiger partial charge in [-0.05, 0) is 6.92 Å². The van der Waals surface area contributed by atoms with Gasteiger partial charge in [0.15, 0.2) is 12.6 Å². The van der Waals surface area contributed by atoms with Crippen LogP contribution in [0, 0.1) is 0 Å². The molecule has 2 aliphatic rings. The Bertz CT molecular complexity index is 341. The van der Waals surface area contributed by atoms with Crippen molar-refractivity contribution in [3.63, 3.8) is 0 Å². The Labute approximate surface area is 121 Å². The summed E-state index contributed by atoms with van der Waals surface area (Å²) in [6.45, 7) is 1.02. The minimum atomic E-state index is -1.64. The lowest BCUT2D eigenvalue weighted by molar-refractivity contribution is -0.341. The Morgan fingerprint density at radius 1 is 1.00 bits per heavy atom. The summed E-state index contributed by atoms with van der Waals surface area (Å²) < 4.78 is 15.5. The number of hydrogen-bond acceptors (Lipinski definition) is 9. The molecule has 2 heterocycles. The molecular weight excluding hydrogens is 288 g/mol. The zero-order chi connectivity index (χ0) is 15.7. The molecule has 2 fully saturated rings. The van der Waals surface area contributed by atoms with Crippen molar-refractivity contribution in [2.75, 3.05) is 6.61 Å². The summed E-state index contributed by atoms with van der Waals surface area (Å²) in [5.41, 5.74) is 0. The van der Waals surface area contributed by atoms with E-state index in [1.165, 1.54) is 0 Å². The van der Waals surface area contributed by atoms with Gasteiger partial charge < -0.3 is 44.8 Å². The van der Waals surface area contributed by atoms with Crippen LogP contribution < -0.4 is 0 Å². The Morgan fingerprint density at radius 3 is 2.29 bits per heavy atom. The molecule has 0 bridgehead atoms. The highest BCUT2D eigenvalue weighted by atomic mass is 16.7. The van der Waals surface area contributed by atoms with Crippen molar-refractivity contribution in [3.8, 4) is 0 Å². The summed E-state index contributed by atoms with van der Waals surface area (Å²) in [5, 5.41) is 57.8. The molecule has 0 radical (unpaired) electrons. The fourth-order valence-corrected chi connectivity index (χ4v) is 2.45. The van der Waals surface area contributed by atoms with E-state index >= 15 is 0 Å². The van der Waals surface area contributed by atoms with Crippen molar-refractivity contribution in [2.45, 2.75) is 68.7 Å². The van der Waals surface area contributed by atoms with Gasteiger partial charge in [0, 0.05) is 6.42 Å². The number of rotatable bonds is 3. The normalized spacial score (nSPS) is 51.9. The highest BCUT2D eigenvalue weighted by Gasteiger charge is 2.47. The molecule has 9 atom stereocenters. The van der Waals surface area contributed by atoms with Crippen LogP contribution in [0.1, 0.15) is 13.3 Å². The second-order valence-electron chi connectivity index (χ2n) is 5.41. The summed E-state index contributed by atoms with van der Waals surface area (Å²) in [7, 11) is 0. The van der Waals surface area contributed by atoms with Gasteiger partial charge in [0.25, 0.3) is 0 Å². The highest BCUT2D eigenvalue weighted by molar-refractivity contribution is 4.91. The number of hydrogen-bond donors (Lipinski definition) is 6. The lowest BCUT2D eigenvalue weighted by Crippen LogP contribution is -2.61. The Balaban J connectivity index is 2.05. The molecule has 0 saturated carbocycles. The lowest BCUT2D eigenvalue weighted by Gasteiger charge is -2.43. The summed E-state index contributed by atoms with van der Waals surface area (Å²) in [5.74, 6) is 0. The van der Waals surface area contributed by atoms with Gasteiger partial charge in [0.1, 0.15) is 30.5 Å². The maximum absolute atomic E-state index is 9.98. The van der Waals surface area contributed by atoms with E-state index in [1.54, 1.807) is 6.92 Å². The maximum Gasteiger partial charge on any atom is 0.184 e. The van der Waals surface area contributed by atoms with Crippen molar-refractivity contribution >= 4 is 0 Å². The van der Waals surface area contributed by atoms with Crippen LogP contribution in [0.5, 0.6) is 0 Å². The van der Waals surface area contributed by atoms with Gasteiger partial charge in [-0.25, -0.2) is 0 Å². The molecule has 2 saturated heterocycles. The van der Waals surface area contributed by atoms with E-state index in [0.717, 1.165) is 0 Å². The van der Waals surface area contributed by atoms with E-state index in [1.807, 2.05) is 0 Å². The van der Waals surface area contributed by atoms with Gasteiger partial charge >= 0.3 is 0 Å². The van der Waals surface area contributed by atoms with Gasteiger partial charge in [0.05, 0.1) is 18.8 Å². The first-order valence-electron chi connectivity index (χ1n) is 6.82. The number of aliphatic hydroxyl groups is 6. The molecule has 6 N–H and O–H groups in total. The quantitative estimate of drug-likeness (QED) is 0.314.